The summed E-state index contributed by atoms with van der Waals surface area (Å²) in [5, 5.41) is 10.0. The summed E-state index contributed by atoms with van der Waals surface area (Å²) in [7, 11) is 1.56. The molecule has 0 unspecified atom stereocenters. The van der Waals surface area contributed by atoms with Crippen molar-refractivity contribution in [2.75, 3.05) is 12.4 Å². The number of amides is 2. The fourth-order valence-corrected chi connectivity index (χ4v) is 2.62. The van der Waals surface area contributed by atoms with Gasteiger partial charge in [-0.25, -0.2) is 0 Å². The smallest absolute Gasteiger partial charge is 0.251 e. The molecule has 0 bridgehead atoms. The number of fused-ring (bicyclic) bond motifs is 1. The highest BCUT2D eigenvalue weighted by Gasteiger charge is 2.08. The molecule has 2 amide bonds. The second-order valence-corrected chi connectivity index (χ2v) is 5.70. The van der Waals surface area contributed by atoms with E-state index >= 15 is 0 Å². The molecule has 0 saturated carbocycles. The van der Waals surface area contributed by atoms with Crippen molar-refractivity contribution in [1.29, 1.82) is 0 Å². The van der Waals surface area contributed by atoms with E-state index in [2.05, 4.69) is 15.7 Å². The zero-order valence-corrected chi connectivity index (χ0v) is 14.2. The van der Waals surface area contributed by atoms with Gasteiger partial charge in [0.25, 0.3) is 5.91 Å². The Labute approximate surface area is 149 Å². The first kappa shape index (κ1) is 17.3. The number of benzene rings is 2. The third kappa shape index (κ3) is 3.77. The zero-order chi connectivity index (χ0) is 18.5. The van der Waals surface area contributed by atoms with E-state index < -0.39 is 0 Å². The molecule has 0 radical (unpaired) electrons. The van der Waals surface area contributed by atoms with E-state index in [1.807, 2.05) is 6.07 Å². The number of para-hydroxylation sites is 1. The predicted octanol–water partition coefficient (Wildman–Crippen LogP) is 1.78. The lowest BCUT2D eigenvalue weighted by Gasteiger charge is -2.10. The SMILES string of the molecule is CNC(=O)c1ccc(NC(=O)CCn2ncc(=O)c3ccccc32)cc1. The molecular formula is C19H18N4O3. The first-order chi connectivity index (χ1) is 12.6. The van der Waals surface area contributed by atoms with Crippen LogP contribution in [0.25, 0.3) is 10.9 Å². The Bertz CT molecular complexity index is 1010. The Kier molecular flexibility index (Phi) is 5.07. The molecule has 132 valence electrons. The van der Waals surface area contributed by atoms with Crippen LogP contribution in [0, 0.1) is 0 Å². The molecule has 7 heteroatoms. The van der Waals surface area contributed by atoms with Crippen LogP contribution in [0.2, 0.25) is 0 Å². The molecule has 2 aromatic carbocycles. The number of rotatable bonds is 5. The Morgan fingerprint density at radius 3 is 2.54 bits per heavy atom. The molecule has 0 saturated heterocycles. The van der Waals surface area contributed by atoms with Crippen LogP contribution in [0.15, 0.2) is 59.5 Å². The molecule has 7 nitrogen and oxygen atoms in total. The van der Waals surface area contributed by atoms with Gasteiger partial charge in [0.05, 0.1) is 18.3 Å². The van der Waals surface area contributed by atoms with Crippen molar-refractivity contribution in [3.8, 4) is 0 Å². The third-order valence-electron chi connectivity index (χ3n) is 3.97. The van der Waals surface area contributed by atoms with Crippen molar-refractivity contribution in [2.24, 2.45) is 0 Å². The highest BCUT2D eigenvalue weighted by Crippen LogP contribution is 2.11. The average Bonchev–Trinajstić information content (AvgIpc) is 2.67. The van der Waals surface area contributed by atoms with Gasteiger partial charge in [0.15, 0.2) is 0 Å². The second kappa shape index (κ2) is 7.60. The fourth-order valence-electron chi connectivity index (χ4n) is 2.62. The summed E-state index contributed by atoms with van der Waals surface area (Å²) in [6.07, 6.45) is 1.47. The largest absolute Gasteiger partial charge is 0.355 e. The van der Waals surface area contributed by atoms with Crippen LogP contribution in [0.4, 0.5) is 5.69 Å². The van der Waals surface area contributed by atoms with Crippen LogP contribution in [-0.4, -0.2) is 28.6 Å². The van der Waals surface area contributed by atoms with Crippen molar-refractivity contribution in [2.45, 2.75) is 13.0 Å². The molecule has 0 aliphatic heterocycles. The number of carbonyl (C=O) groups excluding carboxylic acids is 2. The van der Waals surface area contributed by atoms with Gasteiger partial charge in [0.1, 0.15) is 0 Å². The maximum absolute atomic E-state index is 12.2. The van der Waals surface area contributed by atoms with Gasteiger partial charge in [-0.05, 0) is 36.4 Å². The summed E-state index contributed by atoms with van der Waals surface area (Å²) in [5.74, 6) is -0.360. The first-order valence-corrected chi connectivity index (χ1v) is 8.15. The highest BCUT2D eigenvalue weighted by molar-refractivity contribution is 5.95. The lowest BCUT2D eigenvalue weighted by atomic mass is 10.2. The average molecular weight is 350 g/mol. The number of aryl methyl sites for hydroxylation is 1. The van der Waals surface area contributed by atoms with E-state index in [1.54, 1.807) is 54.2 Å². The Morgan fingerprint density at radius 2 is 1.81 bits per heavy atom. The van der Waals surface area contributed by atoms with Gasteiger partial charge in [-0.2, -0.15) is 5.10 Å². The topological polar surface area (TPSA) is 93.1 Å². The van der Waals surface area contributed by atoms with Gasteiger partial charge >= 0.3 is 0 Å². The van der Waals surface area contributed by atoms with Gasteiger partial charge in [-0.1, -0.05) is 12.1 Å². The molecule has 0 spiro atoms. The van der Waals surface area contributed by atoms with E-state index in [4.69, 9.17) is 0 Å². The molecule has 3 rings (SSSR count). The van der Waals surface area contributed by atoms with Crippen molar-refractivity contribution in [1.82, 2.24) is 15.1 Å². The predicted molar refractivity (Wildman–Crippen MR) is 99.1 cm³/mol. The van der Waals surface area contributed by atoms with Gasteiger partial charge in [-0.15, -0.1) is 0 Å². The maximum atomic E-state index is 12.2. The van der Waals surface area contributed by atoms with Crippen LogP contribution in [0.5, 0.6) is 0 Å². The van der Waals surface area contributed by atoms with Gasteiger partial charge in [0, 0.05) is 30.1 Å². The standard InChI is InChI=1S/C19H18N4O3/c1-20-19(26)13-6-8-14(9-7-13)22-18(25)10-11-23-16-5-3-2-4-15(16)17(24)12-21-23/h2-9,12H,10-11H2,1H3,(H,20,26)(H,22,25). The first-order valence-electron chi connectivity index (χ1n) is 8.15. The third-order valence-corrected chi connectivity index (χ3v) is 3.97. The van der Waals surface area contributed by atoms with Crippen molar-refractivity contribution in [3.05, 3.63) is 70.5 Å². The number of anilines is 1. The highest BCUT2D eigenvalue weighted by atomic mass is 16.2. The maximum Gasteiger partial charge on any atom is 0.251 e. The quantitative estimate of drug-likeness (QED) is 0.734. The molecular weight excluding hydrogens is 332 g/mol. The summed E-state index contributed by atoms with van der Waals surface area (Å²) in [4.78, 5) is 35.5. The van der Waals surface area contributed by atoms with Crippen LogP contribution in [0.1, 0.15) is 16.8 Å². The van der Waals surface area contributed by atoms with E-state index in [1.165, 1.54) is 6.20 Å². The van der Waals surface area contributed by atoms with Crippen LogP contribution >= 0.6 is 0 Å². The minimum absolute atomic E-state index is 0.141. The lowest BCUT2D eigenvalue weighted by molar-refractivity contribution is -0.116. The van der Waals surface area contributed by atoms with Crippen molar-refractivity contribution >= 4 is 28.4 Å². The molecule has 0 fully saturated rings. The number of hydrogen-bond donors (Lipinski definition) is 2. The van der Waals surface area contributed by atoms with Crippen molar-refractivity contribution in [3.63, 3.8) is 0 Å². The number of carbonyl (C=O) groups is 2. The Morgan fingerprint density at radius 1 is 1.08 bits per heavy atom. The minimum atomic E-state index is -0.181. The normalized spacial score (nSPS) is 10.5. The Hall–Kier alpha value is -3.48. The number of hydrogen-bond acceptors (Lipinski definition) is 4. The Balaban J connectivity index is 1.65. The minimum Gasteiger partial charge on any atom is -0.355 e. The van der Waals surface area contributed by atoms with E-state index in [9.17, 15) is 14.4 Å². The summed E-state index contributed by atoms with van der Waals surface area (Å²) in [5.41, 5.74) is 1.69. The molecule has 26 heavy (non-hydrogen) atoms. The molecule has 3 aromatic rings. The summed E-state index contributed by atoms with van der Waals surface area (Å²) in [6, 6.07) is 13.8. The van der Waals surface area contributed by atoms with Gasteiger partial charge < -0.3 is 10.6 Å². The van der Waals surface area contributed by atoms with E-state index in [0.717, 1.165) is 0 Å². The summed E-state index contributed by atoms with van der Waals surface area (Å²) < 4.78 is 1.64. The molecule has 2 N–H and O–H groups in total. The number of nitrogens with zero attached hydrogens (tertiary/aromatic N) is 2. The van der Waals surface area contributed by atoms with Gasteiger partial charge in [-0.3, -0.25) is 19.1 Å². The second-order valence-electron chi connectivity index (χ2n) is 5.70. The zero-order valence-electron chi connectivity index (χ0n) is 14.2. The number of aromatic nitrogens is 2. The van der Waals surface area contributed by atoms with Gasteiger partial charge in [0.2, 0.25) is 11.3 Å². The van der Waals surface area contributed by atoms with E-state index in [0.29, 0.717) is 28.7 Å². The molecule has 1 heterocycles. The summed E-state index contributed by atoms with van der Waals surface area (Å²) in [6.45, 7) is 0.350. The van der Waals surface area contributed by atoms with Crippen LogP contribution in [-0.2, 0) is 11.3 Å². The molecule has 1 aromatic heterocycles. The molecule has 0 atom stereocenters. The molecule has 0 aliphatic carbocycles. The number of nitrogens with one attached hydrogen (secondary N) is 2. The van der Waals surface area contributed by atoms with Crippen LogP contribution in [0.3, 0.4) is 0 Å². The van der Waals surface area contributed by atoms with Crippen molar-refractivity contribution < 1.29 is 9.59 Å². The lowest BCUT2D eigenvalue weighted by Crippen LogP contribution is -2.19. The van der Waals surface area contributed by atoms with Crippen LogP contribution < -0.4 is 16.1 Å². The monoisotopic (exact) mass is 350 g/mol. The fraction of sp³-hybridized carbons (Fsp3) is 0.158. The molecule has 0 aliphatic rings. The van der Waals surface area contributed by atoms with E-state index in [-0.39, 0.29) is 23.7 Å². The summed E-state index contributed by atoms with van der Waals surface area (Å²) >= 11 is 0.